The van der Waals surface area contributed by atoms with Crippen molar-refractivity contribution in [3.63, 3.8) is 0 Å². The van der Waals surface area contributed by atoms with Gasteiger partial charge in [-0.05, 0) is 40.2 Å². The lowest BCUT2D eigenvalue weighted by Crippen LogP contribution is -2.42. The summed E-state index contributed by atoms with van der Waals surface area (Å²) in [6, 6.07) is 8.09. The number of nitrogens with zero attached hydrogens (tertiary/aromatic N) is 1. The third-order valence-corrected chi connectivity index (χ3v) is 2.81. The van der Waals surface area contributed by atoms with E-state index in [2.05, 4.69) is 31.2 Å². The average Bonchev–Trinajstić information content (AvgIpc) is 2.36. The van der Waals surface area contributed by atoms with Gasteiger partial charge in [0.25, 0.3) is 0 Å². The molecule has 0 saturated carbocycles. The zero-order valence-electron chi connectivity index (χ0n) is 13.1. The Morgan fingerprint density at radius 2 is 1.90 bits per heavy atom. The van der Waals surface area contributed by atoms with Crippen LogP contribution in [0.15, 0.2) is 29.4 Å². The molecule has 4 nitrogen and oxygen atoms in total. The van der Waals surface area contributed by atoms with Crippen LogP contribution < -0.4 is 5.32 Å². The third kappa shape index (κ3) is 6.68. The number of nitrogens with one attached hydrogen (secondary N) is 1. The minimum atomic E-state index is -0.566. The Labute approximate surface area is 121 Å². The molecule has 0 heterocycles. The second-order valence-electron chi connectivity index (χ2n) is 6.12. The van der Waals surface area contributed by atoms with Crippen molar-refractivity contribution < 1.29 is 9.94 Å². The highest BCUT2D eigenvalue weighted by atomic mass is 16.6. The average molecular weight is 278 g/mol. The molecule has 0 bridgehead atoms. The fourth-order valence-electron chi connectivity index (χ4n) is 1.55. The Balaban J connectivity index is 2.38. The Kier molecular flexibility index (Phi) is 6.17. The van der Waals surface area contributed by atoms with Crippen LogP contribution in [0.1, 0.15) is 38.8 Å². The summed E-state index contributed by atoms with van der Waals surface area (Å²) in [6.45, 7) is 10.8. The zero-order valence-corrected chi connectivity index (χ0v) is 13.1. The maximum absolute atomic E-state index is 9.78. The van der Waals surface area contributed by atoms with E-state index >= 15 is 0 Å². The van der Waals surface area contributed by atoms with Crippen LogP contribution >= 0.6 is 0 Å². The molecule has 0 aliphatic heterocycles. The first-order valence-corrected chi connectivity index (χ1v) is 6.94. The molecular weight excluding hydrogens is 252 g/mol. The number of aliphatic hydroxyl groups is 1. The van der Waals surface area contributed by atoms with E-state index in [1.165, 1.54) is 5.56 Å². The SMILES string of the molecule is C/C(=N\OCC(O)CNC(C)(C)C)c1ccc(C)cc1. The maximum Gasteiger partial charge on any atom is 0.144 e. The lowest BCUT2D eigenvalue weighted by atomic mass is 10.1. The molecule has 1 unspecified atom stereocenters. The highest BCUT2D eigenvalue weighted by Crippen LogP contribution is 2.05. The largest absolute Gasteiger partial charge is 0.393 e. The summed E-state index contributed by atoms with van der Waals surface area (Å²) in [5.74, 6) is 0. The second kappa shape index (κ2) is 7.41. The Bertz CT molecular complexity index is 433. The Morgan fingerprint density at radius 3 is 2.45 bits per heavy atom. The number of aliphatic hydroxyl groups excluding tert-OH is 1. The van der Waals surface area contributed by atoms with Crippen molar-refractivity contribution in [2.24, 2.45) is 5.16 Å². The molecule has 20 heavy (non-hydrogen) atoms. The molecule has 2 N–H and O–H groups in total. The predicted octanol–water partition coefficient (Wildman–Crippen LogP) is 2.48. The van der Waals surface area contributed by atoms with Crippen LogP contribution in [0.25, 0.3) is 0 Å². The fraction of sp³-hybridized carbons (Fsp3) is 0.562. The van der Waals surface area contributed by atoms with E-state index in [4.69, 9.17) is 4.84 Å². The Morgan fingerprint density at radius 1 is 1.30 bits per heavy atom. The zero-order chi connectivity index (χ0) is 15.2. The quantitative estimate of drug-likeness (QED) is 0.621. The summed E-state index contributed by atoms with van der Waals surface area (Å²) >= 11 is 0. The number of hydrogen-bond donors (Lipinski definition) is 2. The summed E-state index contributed by atoms with van der Waals surface area (Å²) in [5.41, 5.74) is 3.03. The van der Waals surface area contributed by atoms with Crippen LogP contribution in [0.2, 0.25) is 0 Å². The van der Waals surface area contributed by atoms with E-state index in [1.807, 2.05) is 38.1 Å². The number of aryl methyl sites for hydroxylation is 1. The molecule has 1 aromatic rings. The lowest BCUT2D eigenvalue weighted by molar-refractivity contribution is 0.0373. The number of oxime groups is 1. The standard InChI is InChI=1S/C16H26N2O2/c1-12-6-8-14(9-7-12)13(2)18-20-11-15(19)10-17-16(3,4)5/h6-9,15,17,19H,10-11H2,1-5H3/b18-13+. The van der Waals surface area contributed by atoms with Gasteiger partial charge in [0.15, 0.2) is 0 Å². The van der Waals surface area contributed by atoms with Gasteiger partial charge in [0.05, 0.1) is 5.71 Å². The van der Waals surface area contributed by atoms with E-state index in [-0.39, 0.29) is 12.1 Å². The smallest absolute Gasteiger partial charge is 0.144 e. The maximum atomic E-state index is 9.78. The number of hydrogen-bond acceptors (Lipinski definition) is 4. The molecule has 1 aromatic carbocycles. The van der Waals surface area contributed by atoms with Gasteiger partial charge in [-0.2, -0.15) is 0 Å². The van der Waals surface area contributed by atoms with E-state index < -0.39 is 6.10 Å². The Hall–Kier alpha value is -1.39. The third-order valence-electron chi connectivity index (χ3n) is 2.81. The van der Waals surface area contributed by atoms with Crippen molar-refractivity contribution >= 4 is 5.71 Å². The summed E-state index contributed by atoms with van der Waals surface area (Å²) in [5, 5.41) is 17.0. The second-order valence-corrected chi connectivity index (χ2v) is 6.12. The van der Waals surface area contributed by atoms with E-state index in [1.54, 1.807) is 0 Å². The molecule has 0 saturated heterocycles. The van der Waals surface area contributed by atoms with E-state index in [0.29, 0.717) is 6.54 Å². The first-order valence-electron chi connectivity index (χ1n) is 6.94. The monoisotopic (exact) mass is 278 g/mol. The minimum absolute atomic E-state index is 0.0118. The number of β-amino-alcohol motifs (C(OH)–C–C–N with tert-alkyl or cyclic N) is 1. The molecule has 0 amide bonds. The van der Waals surface area contributed by atoms with Crippen LogP contribution in [0.4, 0.5) is 0 Å². The summed E-state index contributed by atoms with van der Waals surface area (Å²) in [6.07, 6.45) is -0.566. The number of benzene rings is 1. The molecule has 0 aliphatic rings. The van der Waals surface area contributed by atoms with Crippen LogP contribution in [-0.4, -0.2) is 35.6 Å². The van der Waals surface area contributed by atoms with Crippen LogP contribution in [0, 0.1) is 6.92 Å². The van der Waals surface area contributed by atoms with Gasteiger partial charge in [-0.15, -0.1) is 0 Å². The van der Waals surface area contributed by atoms with Crippen molar-refractivity contribution in [1.29, 1.82) is 0 Å². The normalized spacial score (nSPS) is 14.2. The molecule has 0 spiro atoms. The lowest BCUT2D eigenvalue weighted by Gasteiger charge is -2.22. The van der Waals surface area contributed by atoms with Crippen LogP contribution in [0.5, 0.6) is 0 Å². The van der Waals surface area contributed by atoms with Gasteiger partial charge in [-0.25, -0.2) is 0 Å². The molecule has 4 heteroatoms. The van der Waals surface area contributed by atoms with Gasteiger partial charge in [-0.1, -0.05) is 35.0 Å². The van der Waals surface area contributed by atoms with Crippen molar-refractivity contribution in [1.82, 2.24) is 5.32 Å². The number of rotatable bonds is 6. The summed E-state index contributed by atoms with van der Waals surface area (Å²) in [4.78, 5) is 5.21. The van der Waals surface area contributed by atoms with Crippen molar-refractivity contribution in [3.05, 3.63) is 35.4 Å². The summed E-state index contributed by atoms with van der Waals surface area (Å²) < 4.78 is 0. The van der Waals surface area contributed by atoms with Gasteiger partial charge in [0, 0.05) is 12.1 Å². The van der Waals surface area contributed by atoms with Crippen molar-refractivity contribution in [2.75, 3.05) is 13.2 Å². The van der Waals surface area contributed by atoms with Crippen LogP contribution in [0.3, 0.4) is 0 Å². The summed E-state index contributed by atoms with van der Waals surface area (Å²) in [7, 11) is 0. The molecule has 1 rings (SSSR count). The van der Waals surface area contributed by atoms with Gasteiger partial charge in [0.2, 0.25) is 0 Å². The topological polar surface area (TPSA) is 53.9 Å². The van der Waals surface area contributed by atoms with Gasteiger partial charge in [0.1, 0.15) is 12.7 Å². The molecule has 0 fully saturated rings. The highest BCUT2D eigenvalue weighted by Gasteiger charge is 2.12. The molecule has 112 valence electrons. The molecule has 0 aliphatic carbocycles. The molecular formula is C16H26N2O2. The van der Waals surface area contributed by atoms with Crippen LogP contribution in [-0.2, 0) is 4.84 Å². The minimum Gasteiger partial charge on any atom is -0.393 e. The van der Waals surface area contributed by atoms with E-state index in [9.17, 15) is 5.11 Å². The molecule has 0 aromatic heterocycles. The molecule has 0 radical (unpaired) electrons. The first kappa shape index (κ1) is 16.7. The van der Waals surface area contributed by atoms with Crippen molar-refractivity contribution in [3.8, 4) is 0 Å². The predicted molar refractivity (Wildman–Crippen MR) is 83.1 cm³/mol. The van der Waals surface area contributed by atoms with E-state index in [0.717, 1.165) is 11.3 Å². The fourth-order valence-corrected chi connectivity index (χ4v) is 1.55. The van der Waals surface area contributed by atoms with Gasteiger partial charge in [-0.3, -0.25) is 0 Å². The molecule has 1 atom stereocenters. The first-order chi connectivity index (χ1) is 9.28. The van der Waals surface area contributed by atoms with Gasteiger partial charge >= 0.3 is 0 Å². The van der Waals surface area contributed by atoms with Gasteiger partial charge < -0.3 is 15.3 Å². The van der Waals surface area contributed by atoms with Crippen molar-refractivity contribution in [2.45, 2.75) is 46.3 Å². The highest BCUT2D eigenvalue weighted by molar-refractivity contribution is 5.98.